The minimum atomic E-state index is -0.569. The number of amides is 3. The van der Waals surface area contributed by atoms with Crippen LogP contribution < -0.4 is 16.2 Å². The first-order chi connectivity index (χ1) is 14.9. The molecule has 0 radical (unpaired) electrons. The minimum Gasteiger partial charge on any atom is -0.436 e. The summed E-state index contributed by atoms with van der Waals surface area (Å²) in [5.41, 5.74) is 5.25. The van der Waals surface area contributed by atoms with Gasteiger partial charge in [0, 0.05) is 39.0 Å². The van der Waals surface area contributed by atoms with E-state index in [9.17, 15) is 14.4 Å². The van der Waals surface area contributed by atoms with Gasteiger partial charge in [0.25, 0.3) is 0 Å². The van der Waals surface area contributed by atoms with Crippen molar-refractivity contribution in [3.63, 3.8) is 0 Å². The molecule has 3 amide bonds. The number of hydrogen-bond acceptors (Lipinski definition) is 6. The van der Waals surface area contributed by atoms with Crippen LogP contribution in [0.25, 0.3) is 0 Å². The first kappa shape index (κ1) is 29.8. The van der Waals surface area contributed by atoms with E-state index in [4.69, 9.17) is 15.6 Å². The summed E-state index contributed by atoms with van der Waals surface area (Å²) in [6, 6.07) is 6.81. The molecule has 5 N–H and O–H groups in total. The van der Waals surface area contributed by atoms with Crippen molar-refractivity contribution in [3.8, 4) is 10.8 Å². The van der Waals surface area contributed by atoms with Crippen molar-refractivity contribution < 1.29 is 19.1 Å². The van der Waals surface area contributed by atoms with E-state index in [0.29, 0.717) is 11.5 Å². The lowest BCUT2D eigenvalue weighted by Gasteiger charge is -2.28. The molecule has 0 aliphatic rings. The minimum absolute atomic E-state index is 0.00404. The largest absolute Gasteiger partial charge is 0.436 e. The standard InChI is InChI=1S/C15H25BrN2O3.C7H8N2OS/c1-12(2)7-8-15(3,4)17-13(19)11-18(5)14(20)21-10-6-9-16;8-7(10)5-1-3-6(11-9)4-2-5/h12H,7-8,10-11H2,1-5H3,(H,17,19);1-4H,9H2,(H2,8,10). The topological polar surface area (TPSA) is 128 Å². The molecule has 0 atom stereocenters. The van der Waals surface area contributed by atoms with Crippen molar-refractivity contribution >= 4 is 45.8 Å². The summed E-state index contributed by atoms with van der Waals surface area (Å²) in [7, 11) is 1.52. The zero-order valence-corrected chi connectivity index (χ0v) is 21.6. The Hall–Kier alpha value is -2.22. The lowest BCUT2D eigenvalue weighted by molar-refractivity contribution is -0.123. The van der Waals surface area contributed by atoms with Crippen LogP contribution >= 0.6 is 27.9 Å². The number of nitrogens with two attached hydrogens (primary N) is 2. The van der Waals surface area contributed by atoms with Crippen LogP contribution in [0.15, 0.2) is 29.2 Å². The van der Waals surface area contributed by atoms with Crippen molar-refractivity contribution in [2.75, 3.05) is 20.2 Å². The van der Waals surface area contributed by atoms with Gasteiger partial charge in [-0.2, -0.15) is 0 Å². The number of primary amides is 1. The number of nitrogens with one attached hydrogen (secondary N) is 1. The fraction of sp³-hybridized carbons (Fsp3) is 0.500. The molecule has 1 aromatic carbocycles. The fourth-order valence-electron chi connectivity index (χ4n) is 2.34. The molecule has 1 rings (SSSR count). The van der Waals surface area contributed by atoms with E-state index in [-0.39, 0.29) is 24.6 Å². The summed E-state index contributed by atoms with van der Waals surface area (Å²) >= 11 is 4.04. The number of hydrogen-bond donors (Lipinski definition) is 3. The monoisotopic (exact) mass is 528 g/mol. The van der Waals surface area contributed by atoms with E-state index in [2.05, 4.69) is 45.8 Å². The molecule has 0 fully saturated rings. The van der Waals surface area contributed by atoms with Crippen LogP contribution in [-0.2, 0) is 9.53 Å². The van der Waals surface area contributed by atoms with Crippen molar-refractivity contribution in [3.05, 3.63) is 29.8 Å². The fourth-order valence-corrected chi connectivity index (χ4v) is 2.75. The SMILES string of the molecule is CC(C)CCC(C)(C)NC(=O)CN(C)C(=O)OCC#CBr.NSc1ccc(C(N)=O)cc1. The third-order valence-corrected chi connectivity index (χ3v) is 4.95. The van der Waals surface area contributed by atoms with Gasteiger partial charge in [0.1, 0.15) is 6.54 Å². The summed E-state index contributed by atoms with van der Waals surface area (Å²) in [5, 5.41) is 8.22. The molecule has 0 saturated heterocycles. The summed E-state index contributed by atoms with van der Waals surface area (Å²) < 4.78 is 4.86. The molecular formula is C22H33BrN4O4S. The highest BCUT2D eigenvalue weighted by Gasteiger charge is 2.22. The summed E-state index contributed by atoms with van der Waals surface area (Å²) in [6.07, 6.45) is 1.36. The molecule has 0 aliphatic carbocycles. The Morgan fingerprint density at radius 1 is 1.25 bits per heavy atom. The molecule has 0 spiro atoms. The summed E-state index contributed by atoms with van der Waals surface area (Å²) in [6.45, 7) is 8.23. The third kappa shape index (κ3) is 14.0. The molecule has 32 heavy (non-hydrogen) atoms. The maximum Gasteiger partial charge on any atom is 0.410 e. The number of ether oxygens (including phenoxy) is 1. The Balaban J connectivity index is 0.000000726. The number of benzene rings is 1. The van der Waals surface area contributed by atoms with Gasteiger partial charge >= 0.3 is 6.09 Å². The van der Waals surface area contributed by atoms with Crippen LogP contribution in [0, 0.1) is 16.7 Å². The van der Waals surface area contributed by atoms with Gasteiger partial charge in [-0.15, -0.1) is 0 Å². The maximum atomic E-state index is 12.0. The molecule has 178 valence electrons. The molecular weight excluding hydrogens is 496 g/mol. The molecule has 0 bridgehead atoms. The highest BCUT2D eigenvalue weighted by molar-refractivity contribution is 9.12. The van der Waals surface area contributed by atoms with Crippen LogP contribution in [0.1, 0.15) is 50.9 Å². The molecule has 8 nitrogen and oxygen atoms in total. The molecule has 1 aromatic rings. The quantitative estimate of drug-likeness (QED) is 0.332. The Kier molecular flexibility index (Phi) is 14.5. The first-order valence-electron chi connectivity index (χ1n) is 9.95. The summed E-state index contributed by atoms with van der Waals surface area (Å²) in [4.78, 5) is 38.7. The Morgan fingerprint density at radius 3 is 2.31 bits per heavy atom. The number of likely N-dealkylation sites (N-methyl/N-ethyl adjacent to an activating group) is 1. The van der Waals surface area contributed by atoms with E-state index in [1.54, 1.807) is 24.3 Å². The van der Waals surface area contributed by atoms with Crippen LogP contribution in [0.2, 0.25) is 0 Å². The van der Waals surface area contributed by atoms with E-state index in [1.807, 2.05) is 13.8 Å². The van der Waals surface area contributed by atoms with Crippen LogP contribution in [-0.4, -0.2) is 48.5 Å². The maximum absolute atomic E-state index is 12.0. The number of carbonyl (C=O) groups is 3. The van der Waals surface area contributed by atoms with Crippen molar-refractivity contribution in [1.82, 2.24) is 10.2 Å². The van der Waals surface area contributed by atoms with Crippen LogP contribution in [0.5, 0.6) is 0 Å². The number of nitrogens with zero attached hydrogens (tertiary/aromatic N) is 1. The average Bonchev–Trinajstić information content (AvgIpc) is 2.72. The second-order valence-electron chi connectivity index (χ2n) is 8.05. The lowest BCUT2D eigenvalue weighted by atomic mass is 9.94. The molecule has 10 heteroatoms. The first-order valence-corrected chi connectivity index (χ1v) is 11.6. The van der Waals surface area contributed by atoms with Crippen molar-refractivity contribution in [1.29, 1.82) is 0 Å². The predicted molar refractivity (Wildman–Crippen MR) is 132 cm³/mol. The summed E-state index contributed by atoms with van der Waals surface area (Å²) in [5.74, 6) is 2.52. The van der Waals surface area contributed by atoms with Crippen molar-refractivity contribution in [2.24, 2.45) is 16.8 Å². The van der Waals surface area contributed by atoms with E-state index < -0.39 is 12.0 Å². The van der Waals surface area contributed by atoms with Gasteiger partial charge in [-0.1, -0.05) is 13.8 Å². The Morgan fingerprint density at radius 2 is 1.84 bits per heavy atom. The number of carbonyl (C=O) groups excluding carboxylic acids is 3. The smallest absolute Gasteiger partial charge is 0.410 e. The molecule has 0 heterocycles. The Bertz CT molecular complexity index is 804. The Labute approximate surface area is 203 Å². The van der Waals surface area contributed by atoms with Crippen LogP contribution in [0.4, 0.5) is 4.79 Å². The van der Waals surface area contributed by atoms with Gasteiger partial charge in [0.15, 0.2) is 6.61 Å². The van der Waals surface area contributed by atoms with Gasteiger partial charge in [-0.25, -0.2) is 4.79 Å². The van der Waals surface area contributed by atoms with Gasteiger partial charge in [-0.3, -0.25) is 14.7 Å². The molecule has 0 aliphatic heterocycles. The zero-order valence-electron chi connectivity index (χ0n) is 19.2. The van der Waals surface area contributed by atoms with Gasteiger partial charge < -0.3 is 20.7 Å². The normalized spacial score (nSPS) is 10.2. The predicted octanol–water partition coefficient (Wildman–Crippen LogP) is 3.49. The van der Waals surface area contributed by atoms with Gasteiger partial charge in [0.2, 0.25) is 11.8 Å². The van der Waals surface area contributed by atoms with Gasteiger partial charge in [-0.05, 0) is 79.6 Å². The van der Waals surface area contributed by atoms with Crippen molar-refractivity contribution in [2.45, 2.75) is 51.0 Å². The zero-order chi connectivity index (χ0) is 24.7. The third-order valence-electron chi connectivity index (χ3n) is 4.13. The van der Waals surface area contributed by atoms with Crippen LogP contribution in [0.3, 0.4) is 0 Å². The van der Waals surface area contributed by atoms with E-state index in [0.717, 1.165) is 29.7 Å². The lowest BCUT2D eigenvalue weighted by Crippen LogP contribution is -2.48. The highest BCUT2D eigenvalue weighted by Crippen LogP contribution is 2.15. The number of rotatable bonds is 9. The average molecular weight is 530 g/mol. The molecule has 0 aromatic heterocycles. The second kappa shape index (κ2) is 15.6. The molecule has 0 unspecified atom stereocenters. The number of halogens is 1. The van der Waals surface area contributed by atoms with E-state index >= 15 is 0 Å². The second-order valence-corrected chi connectivity index (χ2v) is 9.16. The van der Waals surface area contributed by atoms with Gasteiger partial charge in [0.05, 0.1) is 0 Å². The van der Waals surface area contributed by atoms with E-state index in [1.165, 1.54) is 11.9 Å². The molecule has 0 saturated carbocycles. The highest BCUT2D eigenvalue weighted by atomic mass is 79.9.